The van der Waals surface area contributed by atoms with Crippen LogP contribution in [0.25, 0.3) is 6.08 Å². The summed E-state index contributed by atoms with van der Waals surface area (Å²) in [7, 11) is 0. The molecule has 3 rings (SSSR count). The minimum atomic E-state index is -0.859. The van der Waals surface area contributed by atoms with Crippen molar-refractivity contribution in [2.75, 3.05) is 13.2 Å². The van der Waals surface area contributed by atoms with Crippen LogP contribution in [-0.4, -0.2) is 41.9 Å². The Bertz CT molecular complexity index is 885. The number of amides is 4. The van der Waals surface area contributed by atoms with Gasteiger partial charge in [-0.3, -0.25) is 24.7 Å². The van der Waals surface area contributed by atoms with E-state index in [2.05, 4.69) is 10.9 Å². The number of fused-ring (bicyclic) bond motifs is 1. The number of nitrogens with one attached hydrogen (secondary N) is 2. The molecule has 0 spiro atoms. The van der Waals surface area contributed by atoms with Gasteiger partial charge in [-0.25, -0.2) is 10.2 Å². The number of furan rings is 1. The maximum atomic E-state index is 12.2. The first-order valence-corrected chi connectivity index (χ1v) is 8.46. The predicted molar refractivity (Wildman–Crippen MR) is 96.8 cm³/mol. The van der Waals surface area contributed by atoms with E-state index in [1.165, 1.54) is 18.4 Å². The highest BCUT2D eigenvalue weighted by atomic mass is 16.6. The zero-order valence-electron chi connectivity index (χ0n) is 14.7. The molecule has 2 aromatic rings. The fourth-order valence-electron chi connectivity index (χ4n) is 2.56. The summed E-state index contributed by atoms with van der Waals surface area (Å²) in [6.07, 6.45) is 3.49. The van der Waals surface area contributed by atoms with E-state index in [4.69, 9.17) is 9.15 Å². The van der Waals surface area contributed by atoms with E-state index in [1.54, 1.807) is 36.4 Å². The minimum Gasteiger partial charge on any atom is -0.465 e. The predicted octanol–water partition coefficient (Wildman–Crippen LogP) is 1.74. The highest BCUT2D eigenvalue weighted by Gasteiger charge is 2.34. The number of hydrogen-bond donors (Lipinski definition) is 2. The summed E-state index contributed by atoms with van der Waals surface area (Å²) in [6, 6.07) is 9.93. The molecule has 2 N–H and O–H groups in total. The highest BCUT2D eigenvalue weighted by Crippen LogP contribution is 2.22. The Balaban J connectivity index is 1.34. The molecule has 9 heteroatoms. The molecule has 0 fully saturated rings. The molecule has 9 nitrogen and oxygen atoms in total. The van der Waals surface area contributed by atoms with Gasteiger partial charge in [0.05, 0.1) is 24.0 Å². The van der Waals surface area contributed by atoms with Gasteiger partial charge in [-0.1, -0.05) is 12.1 Å². The lowest BCUT2D eigenvalue weighted by molar-refractivity contribution is -0.117. The van der Waals surface area contributed by atoms with Crippen molar-refractivity contribution in [3.8, 4) is 0 Å². The topological polar surface area (TPSA) is 118 Å². The molecule has 1 aromatic carbocycles. The van der Waals surface area contributed by atoms with Crippen LogP contribution in [0.3, 0.4) is 0 Å². The molecule has 144 valence electrons. The number of nitrogens with zero attached hydrogens (tertiary/aromatic N) is 1. The van der Waals surface area contributed by atoms with Crippen molar-refractivity contribution in [3.05, 3.63) is 65.6 Å². The molecule has 0 saturated heterocycles. The second kappa shape index (κ2) is 8.67. The average molecular weight is 383 g/mol. The van der Waals surface area contributed by atoms with Crippen LogP contribution in [0.4, 0.5) is 4.79 Å². The Morgan fingerprint density at radius 1 is 1.04 bits per heavy atom. The Morgan fingerprint density at radius 3 is 2.39 bits per heavy atom. The smallest absolute Gasteiger partial charge is 0.426 e. The molecule has 1 aliphatic rings. The standard InChI is InChI=1S/C19H17N3O6/c23-16(9-8-13-5-3-11-27-13)20-21-19(26)28-12-4-10-22-17(24)14-6-1-2-7-15(14)18(22)25/h1-3,5-9,11H,4,10,12H2,(H,20,23)(H,21,26)/b9-8+. The highest BCUT2D eigenvalue weighted by molar-refractivity contribution is 6.21. The van der Waals surface area contributed by atoms with Gasteiger partial charge in [-0.05, 0) is 36.8 Å². The van der Waals surface area contributed by atoms with Crippen molar-refractivity contribution in [2.45, 2.75) is 6.42 Å². The third kappa shape index (κ3) is 4.44. The maximum Gasteiger partial charge on any atom is 0.426 e. The van der Waals surface area contributed by atoms with Gasteiger partial charge in [0.2, 0.25) is 0 Å². The van der Waals surface area contributed by atoms with Crippen molar-refractivity contribution in [1.82, 2.24) is 15.8 Å². The third-order valence-electron chi connectivity index (χ3n) is 3.87. The van der Waals surface area contributed by atoms with Gasteiger partial charge in [-0.15, -0.1) is 0 Å². The van der Waals surface area contributed by atoms with Crippen LogP contribution in [0.15, 0.2) is 53.2 Å². The average Bonchev–Trinajstić information content (AvgIpc) is 3.30. The fraction of sp³-hybridized carbons (Fsp3) is 0.158. The molecule has 1 aliphatic heterocycles. The second-order valence-corrected chi connectivity index (χ2v) is 5.76. The number of carbonyl (C=O) groups excluding carboxylic acids is 4. The summed E-state index contributed by atoms with van der Waals surface area (Å²) < 4.78 is 9.92. The first-order chi connectivity index (χ1) is 13.6. The zero-order valence-corrected chi connectivity index (χ0v) is 14.7. The van der Waals surface area contributed by atoms with E-state index in [0.717, 1.165) is 4.90 Å². The van der Waals surface area contributed by atoms with Gasteiger partial charge >= 0.3 is 6.09 Å². The second-order valence-electron chi connectivity index (χ2n) is 5.76. The van der Waals surface area contributed by atoms with Crippen LogP contribution in [0.1, 0.15) is 32.9 Å². The number of ether oxygens (including phenoxy) is 1. The number of benzene rings is 1. The molecule has 2 heterocycles. The summed E-state index contributed by atoms with van der Waals surface area (Å²) in [5.74, 6) is -0.799. The SMILES string of the molecule is O=C(/C=C/c1ccco1)NNC(=O)OCCCN1C(=O)c2ccccc2C1=O. The van der Waals surface area contributed by atoms with E-state index < -0.39 is 12.0 Å². The molecule has 28 heavy (non-hydrogen) atoms. The van der Waals surface area contributed by atoms with Crippen LogP contribution in [0.5, 0.6) is 0 Å². The maximum absolute atomic E-state index is 12.2. The fourth-order valence-corrected chi connectivity index (χ4v) is 2.56. The number of carbonyl (C=O) groups is 4. The molecule has 0 aliphatic carbocycles. The van der Waals surface area contributed by atoms with E-state index in [0.29, 0.717) is 16.9 Å². The number of rotatable bonds is 6. The van der Waals surface area contributed by atoms with E-state index in [1.807, 2.05) is 0 Å². The first kappa shape index (κ1) is 18.9. The van der Waals surface area contributed by atoms with Crippen LogP contribution >= 0.6 is 0 Å². The van der Waals surface area contributed by atoms with Gasteiger partial charge in [0.25, 0.3) is 17.7 Å². The van der Waals surface area contributed by atoms with Crippen LogP contribution < -0.4 is 10.9 Å². The Hall–Kier alpha value is -3.88. The van der Waals surface area contributed by atoms with Gasteiger partial charge in [-0.2, -0.15) is 0 Å². The van der Waals surface area contributed by atoms with Crippen molar-refractivity contribution in [3.63, 3.8) is 0 Å². The number of hydrazine groups is 1. The van der Waals surface area contributed by atoms with Crippen molar-refractivity contribution < 1.29 is 28.3 Å². The van der Waals surface area contributed by atoms with E-state index in [-0.39, 0.29) is 31.4 Å². The summed E-state index contributed by atoms with van der Waals surface area (Å²) in [6.45, 7) is 0.0925. The number of imide groups is 1. The molecular formula is C19H17N3O6. The number of hydrogen-bond acceptors (Lipinski definition) is 6. The summed E-state index contributed by atoms with van der Waals surface area (Å²) in [5.41, 5.74) is 4.97. The molecule has 0 atom stereocenters. The van der Waals surface area contributed by atoms with E-state index in [9.17, 15) is 19.2 Å². The Labute approximate surface area is 159 Å². The van der Waals surface area contributed by atoms with Crippen LogP contribution in [0.2, 0.25) is 0 Å². The molecule has 0 radical (unpaired) electrons. The molecule has 0 saturated carbocycles. The zero-order chi connectivity index (χ0) is 19.9. The van der Waals surface area contributed by atoms with Gasteiger partial charge in [0, 0.05) is 12.6 Å². The largest absolute Gasteiger partial charge is 0.465 e. The summed E-state index contributed by atoms with van der Waals surface area (Å²) in [4.78, 5) is 48.6. The van der Waals surface area contributed by atoms with Crippen LogP contribution in [0, 0.1) is 0 Å². The van der Waals surface area contributed by atoms with Crippen molar-refractivity contribution >= 4 is 29.9 Å². The van der Waals surface area contributed by atoms with Crippen molar-refractivity contribution in [1.29, 1.82) is 0 Å². The normalized spacial score (nSPS) is 12.9. The van der Waals surface area contributed by atoms with Crippen LogP contribution in [-0.2, 0) is 9.53 Å². The lowest BCUT2D eigenvalue weighted by atomic mass is 10.1. The summed E-state index contributed by atoms with van der Waals surface area (Å²) in [5, 5.41) is 0. The molecular weight excluding hydrogens is 366 g/mol. The lowest BCUT2D eigenvalue weighted by Gasteiger charge is -2.13. The van der Waals surface area contributed by atoms with Gasteiger partial charge < -0.3 is 9.15 Å². The Kier molecular flexibility index (Phi) is 5.85. The molecule has 1 aromatic heterocycles. The lowest BCUT2D eigenvalue weighted by Crippen LogP contribution is -2.41. The Morgan fingerprint density at radius 2 is 1.75 bits per heavy atom. The molecule has 0 unspecified atom stereocenters. The molecule has 0 bridgehead atoms. The monoisotopic (exact) mass is 383 g/mol. The quantitative estimate of drug-likeness (QED) is 0.340. The third-order valence-corrected chi connectivity index (χ3v) is 3.87. The summed E-state index contributed by atoms with van der Waals surface area (Å²) >= 11 is 0. The molecule has 4 amide bonds. The minimum absolute atomic E-state index is 0.0304. The van der Waals surface area contributed by atoms with Gasteiger partial charge in [0.1, 0.15) is 5.76 Å². The van der Waals surface area contributed by atoms with Gasteiger partial charge in [0.15, 0.2) is 0 Å². The van der Waals surface area contributed by atoms with E-state index >= 15 is 0 Å². The first-order valence-electron chi connectivity index (χ1n) is 8.46. The van der Waals surface area contributed by atoms with Crippen molar-refractivity contribution in [2.24, 2.45) is 0 Å².